The molecule has 2 heteroatoms. The Labute approximate surface area is 101 Å². The average molecular weight is 227 g/mol. The highest BCUT2D eigenvalue weighted by Gasteiger charge is 2.23. The molecule has 3 rings (SSSR count). The van der Waals surface area contributed by atoms with Gasteiger partial charge in [-0.25, -0.2) is 0 Å². The third-order valence-corrected chi connectivity index (χ3v) is 3.79. The van der Waals surface area contributed by atoms with Crippen molar-refractivity contribution in [3.63, 3.8) is 0 Å². The first-order chi connectivity index (χ1) is 8.24. The maximum absolute atomic E-state index is 11.6. The SMILES string of the molecule is Cc1ccc2[nH]cc(C3CCCC(=O)C3)c2c1. The lowest BCUT2D eigenvalue weighted by Crippen LogP contribution is -2.12. The Kier molecular flexibility index (Phi) is 2.50. The monoisotopic (exact) mass is 227 g/mol. The maximum atomic E-state index is 11.6. The lowest BCUT2D eigenvalue weighted by atomic mass is 9.83. The molecule has 1 unspecified atom stereocenters. The summed E-state index contributed by atoms with van der Waals surface area (Å²) in [6.45, 7) is 2.11. The van der Waals surface area contributed by atoms with Crippen LogP contribution in [-0.4, -0.2) is 10.8 Å². The fraction of sp³-hybridized carbons (Fsp3) is 0.400. The van der Waals surface area contributed by atoms with Gasteiger partial charge in [0.2, 0.25) is 0 Å². The van der Waals surface area contributed by atoms with Crippen LogP contribution in [0.2, 0.25) is 0 Å². The van der Waals surface area contributed by atoms with Gasteiger partial charge in [-0.2, -0.15) is 0 Å². The van der Waals surface area contributed by atoms with Crippen molar-refractivity contribution >= 4 is 16.7 Å². The molecule has 2 aromatic rings. The number of hydrogen-bond donors (Lipinski definition) is 1. The van der Waals surface area contributed by atoms with Gasteiger partial charge in [0.15, 0.2) is 0 Å². The first-order valence-electron chi connectivity index (χ1n) is 6.33. The Balaban J connectivity index is 2.04. The minimum absolute atomic E-state index is 0.420. The van der Waals surface area contributed by atoms with Crippen molar-refractivity contribution in [2.24, 2.45) is 0 Å². The van der Waals surface area contributed by atoms with Crippen LogP contribution in [0.25, 0.3) is 10.9 Å². The molecule has 0 bridgehead atoms. The zero-order valence-electron chi connectivity index (χ0n) is 10.1. The lowest BCUT2D eigenvalue weighted by molar-refractivity contribution is -0.120. The Morgan fingerprint density at radius 3 is 3.06 bits per heavy atom. The highest BCUT2D eigenvalue weighted by Crippen LogP contribution is 2.35. The van der Waals surface area contributed by atoms with Crippen LogP contribution in [-0.2, 0) is 4.79 Å². The van der Waals surface area contributed by atoms with Gasteiger partial charge < -0.3 is 4.98 Å². The van der Waals surface area contributed by atoms with Crippen LogP contribution in [0, 0.1) is 6.92 Å². The van der Waals surface area contributed by atoms with Gasteiger partial charge in [0.25, 0.3) is 0 Å². The predicted molar refractivity (Wildman–Crippen MR) is 69.3 cm³/mol. The van der Waals surface area contributed by atoms with E-state index in [1.54, 1.807) is 0 Å². The number of aryl methyl sites for hydroxylation is 1. The highest BCUT2D eigenvalue weighted by atomic mass is 16.1. The summed E-state index contributed by atoms with van der Waals surface area (Å²) >= 11 is 0. The second-order valence-corrected chi connectivity index (χ2v) is 5.13. The molecule has 1 aromatic heterocycles. The van der Waals surface area contributed by atoms with Crippen LogP contribution in [0.5, 0.6) is 0 Å². The molecule has 0 saturated heterocycles. The van der Waals surface area contributed by atoms with Crippen molar-refractivity contribution in [3.05, 3.63) is 35.5 Å². The third-order valence-electron chi connectivity index (χ3n) is 3.79. The summed E-state index contributed by atoms with van der Waals surface area (Å²) in [6, 6.07) is 6.47. The fourth-order valence-electron chi connectivity index (χ4n) is 2.88. The molecule has 0 spiro atoms. The van der Waals surface area contributed by atoms with Crippen molar-refractivity contribution in [3.8, 4) is 0 Å². The van der Waals surface area contributed by atoms with Gasteiger partial charge in [0, 0.05) is 29.9 Å². The number of aromatic amines is 1. The molecule has 1 N–H and O–H groups in total. The number of carbonyl (C=O) groups is 1. The fourth-order valence-corrected chi connectivity index (χ4v) is 2.88. The second kappa shape index (κ2) is 4.02. The van der Waals surface area contributed by atoms with Gasteiger partial charge in [0.1, 0.15) is 5.78 Å². The number of benzene rings is 1. The van der Waals surface area contributed by atoms with E-state index in [-0.39, 0.29) is 0 Å². The molecule has 1 aromatic carbocycles. The Hall–Kier alpha value is -1.57. The molecule has 1 aliphatic carbocycles. The van der Waals surface area contributed by atoms with Crippen LogP contribution in [0.15, 0.2) is 24.4 Å². The normalized spacial score (nSPS) is 21.0. The number of nitrogens with one attached hydrogen (secondary N) is 1. The number of ketones is 1. The summed E-state index contributed by atoms with van der Waals surface area (Å²) in [7, 11) is 0. The van der Waals surface area contributed by atoms with Crippen LogP contribution in [0.3, 0.4) is 0 Å². The molecule has 1 atom stereocenters. The molecule has 1 saturated carbocycles. The number of fused-ring (bicyclic) bond motifs is 1. The summed E-state index contributed by atoms with van der Waals surface area (Å²) in [5.74, 6) is 0.843. The van der Waals surface area contributed by atoms with Gasteiger partial charge in [-0.15, -0.1) is 0 Å². The zero-order valence-corrected chi connectivity index (χ0v) is 10.1. The van der Waals surface area contributed by atoms with Crippen molar-refractivity contribution in [1.82, 2.24) is 4.98 Å². The molecule has 2 nitrogen and oxygen atoms in total. The molecule has 1 aliphatic rings. The summed E-state index contributed by atoms with van der Waals surface area (Å²) < 4.78 is 0. The Morgan fingerprint density at radius 2 is 2.24 bits per heavy atom. The molecule has 0 amide bonds. The topological polar surface area (TPSA) is 32.9 Å². The Bertz CT molecular complexity index is 567. The minimum Gasteiger partial charge on any atom is -0.361 e. The zero-order chi connectivity index (χ0) is 11.8. The smallest absolute Gasteiger partial charge is 0.133 e. The molecule has 88 valence electrons. The first kappa shape index (κ1) is 10.6. The standard InChI is InChI=1S/C15H17NO/c1-10-5-6-15-13(7-10)14(9-16-15)11-3-2-4-12(17)8-11/h5-7,9,11,16H,2-4,8H2,1H3. The molecular weight excluding hydrogens is 210 g/mol. The van der Waals surface area contributed by atoms with Crippen LogP contribution in [0.1, 0.15) is 42.7 Å². The summed E-state index contributed by atoms with van der Waals surface area (Å²) in [4.78, 5) is 14.9. The van der Waals surface area contributed by atoms with E-state index < -0.39 is 0 Å². The van der Waals surface area contributed by atoms with Gasteiger partial charge in [-0.1, -0.05) is 11.6 Å². The summed E-state index contributed by atoms with van der Waals surface area (Å²) in [5.41, 5.74) is 3.79. The van der Waals surface area contributed by atoms with E-state index in [9.17, 15) is 4.79 Å². The largest absolute Gasteiger partial charge is 0.361 e. The van der Waals surface area contributed by atoms with E-state index in [0.717, 1.165) is 25.7 Å². The number of Topliss-reactive ketones (excluding diaryl/α,β-unsaturated/α-hetero) is 1. The van der Waals surface area contributed by atoms with E-state index in [1.807, 2.05) is 0 Å². The summed E-state index contributed by atoms with van der Waals surface area (Å²) in [6.07, 6.45) is 5.78. The Morgan fingerprint density at radius 1 is 1.35 bits per heavy atom. The van der Waals surface area contributed by atoms with Crippen molar-refractivity contribution in [2.75, 3.05) is 0 Å². The molecule has 17 heavy (non-hydrogen) atoms. The van der Waals surface area contributed by atoms with E-state index in [2.05, 4.69) is 36.3 Å². The van der Waals surface area contributed by atoms with Gasteiger partial charge >= 0.3 is 0 Å². The number of aromatic nitrogens is 1. The van der Waals surface area contributed by atoms with E-state index >= 15 is 0 Å². The van der Waals surface area contributed by atoms with Crippen molar-refractivity contribution in [2.45, 2.75) is 38.5 Å². The average Bonchev–Trinajstić information content (AvgIpc) is 2.71. The van der Waals surface area contributed by atoms with E-state index in [4.69, 9.17) is 0 Å². The van der Waals surface area contributed by atoms with Gasteiger partial charge in [-0.3, -0.25) is 4.79 Å². The van der Waals surface area contributed by atoms with Crippen molar-refractivity contribution < 1.29 is 4.79 Å². The van der Waals surface area contributed by atoms with E-state index in [1.165, 1.54) is 22.0 Å². The highest BCUT2D eigenvalue weighted by molar-refractivity contribution is 5.86. The molecule has 0 aliphatic heterocycles. The summed E-state index contributed by atoms with van der Waals surface area (Å²) in [5, 5.41) is 1.30. The van der Waals surface area contributed by atoms with Crippen molar-refractivity contribution in [1.29, 1.82) is 0 Å². The van der Waals surface area contributed by atoms with Crippen LogP contribution < -0.4 is 0 Å². The first-order valence-corrected chi connectivity index (χ1v) is 6.33. The maximum Gasteiger partial charge on any atom is 0.133 e. The quantitative estimate of drug-likeness (QED) is 0.791. The van der Waals surface area contributed by atoms with Gasteiger partial charge in [0.05, 0.1) is 0 Å². The van der Waals surface area contributed by atoms with E-state index in [0.29, 0.717) is 11.7 Å². The predicted octanol–water partition coefficient (Wildman–Crippen LogP) is 3.70. The molecule has 1 fully saturated rings. The second-order valence-electron chi connectivity index (χ2n) is 5.13. The number of rotatable bonds is 1. The number of hydrogen-bond acceptors (Lipinski definition) is 1. The lowest BCUT2D eigenvalue weighted by Gasteiger charge is -2.20. The third kappa shape index (κ3) is 1.88. The van der Waals surface area contributed by atoms with Gasteiger partial charge in [-0.05, 0) is 43.4 Å². The molecule has 1 heterocycles. The van der Waals surface area contributed by atoms with Crippen LogP contribution >= 0.6 is 0 Å². The molecule has 0 radical (unpaired) electrons. The number of H-pyrrole nitrogens is 1. The van der Waals surface area contributed by atoms with Crippen LogP contribution in [0.4, 0.5) is 0 Å². The number of carbonyl (C=O) groups excluding carboxylic acids is 1. The molecular formula is C15H17NO. The minimum atomic E-state index is 0.420.